The molecule has 1 aliphatic carbocycles. The van der Waals surface area contributed by atoms with Crippen LogP contribution in [0.1, 0.15) is 29.7 Å². The summed E-state index contributed by atoms with van der Waals surface area (Å²) in [5, 5.41) is 15.8. The van der Waals surface area contributed by atoms with Crippen molar-refractivity contribution in [2.75, 3.05) is 6.54 Å². The molecular formula is C21H23N5O4S. The summed E-state index contributed by atoms with van der Waals surface area (Å²) in [5.41, 5.74) is 4.48. The Morgan fingerprint density at radius 1 is 1.16 bits per heavy atom. The van der Waals surface area contributed by atoms with Gasteiger partial charge in [-0.2, -0.15) is 5.10 Å². The minimum absolute atomic E-state index is 0.0818. The van der Waals surface area contributed by atoms with Crippen molar-refractivity contribution in [1.82, 2.24) is 19.5 Å². The standard InChI is InChI=1S/C21H23N5O4S/c1-15-6-7-17(26(27)28)14-20(15)31(29,30)23-12-13-25-19-5-3-2-4-18(19)21(24-25)16-8-10-22-11-9-16/h6-11,14,23H,2-5,12-13H2,1H3. The van der Waals surface area contributed by atoms with E-state index in [-0.39, 0.29) is 17.1 Å². The second kappa shape index (κ2) is 8.56. The van der Waals surface area contributed by atoms with Crippen LogP contribution in [0.3, 0.4) is 0 Å². The molecule has 0 saturated carbocycles. The Labute approximate surface area is 180 Å². The first kappa shape index (κ1) is 21.1. The fraction of sp³-hybridized carbons (Fsp3) is 0.333. The average Bonchev–Trinajstić information content (AvgIpc) is 3.13. The molecule has 1 aromatic carbocycles. The molecule has 0 spiro atoms. The predicted molar refractivity (Wildman–Crippen MR) is 115 cm³/mol. The molecule has 4 rings (SSSR count). The summed E-state index contributed by atoms with van der Waals surface area (Å²) in [5.74, 6) is 0. The van der Waals surface area contributed by atoms with Crippen LogP contribution in [0, 0.1) is 17.0 Å². The number of fused-ring (bicyclic) bond motifs is 1. The molecule has 3 aromatic rings. The van der Waals surface area contributed by atoms with Crippen molar-refractivity contribution in [1.29, 1.82) is 0 Å². The third-order valence-corrected chi connectivity index (χ3v) is 7.10. The number of aryl methyl sites for hydroxylation is 1. The summed E-state index contributed by atoms with van der Waals surface area (Å²) in [6.45, 7) is 2.12. The minimum atomic E-state index is -3.89. The topological polar surface area (TPSA) is 120 Å². The van der Waals surface area contributed by atoms with Gasteiger partial charge in [-0.1, -0.05) is 6.07 Å². The molecule has 1 N–H and O–H groups in total. The molecule has 1 aliphatic rings. The zero-order valence-electron chi connectivity index (χ0n) is 17.1. The van der Waals surface area contributed by atoms with Gasteiger partial charge in [-0.25, -0.2) is 13.1 Å². The van der Waals surface area contributed by atoms with Gasteiger partial charge in [-0.3, -0.25) is 19.8 Å². The maximum absolute atomic E-state index is 12.8. The predicted octanol–water partition coefficient (Wildman–Crippen LogP) is 3.02. The fourth-order valence-electron chi connectivity index (χ4n) is 3.95. The number of hydrogen-bond acceptors (Lipinski definition) is 6. The lowest BCUT2D eigenvalue weighted by molar-refractivity contribution is -0.385. The van der Waals surface area contributed by atoms with Gasteiger partial charge >= 0.3 is 0 Å². The van der Waals surface area contributed by atoms with Crippen LogP contribution in [-0.4, -0.2) is 34.7 Å². The van der Waals surface area contributed by atoms with Crippen LogP contribution in [0.2, 0.25) is 0 Å². The lowest BCUT2D eigenvalue weighted by Gasteiger charge is -2.15. The first-order valence-electron chi connectivity index (χ1n) is 10.1. The Hall–Kier alpha value is -3.11. The molecule has 162 valence electrons. The highest BCUT2D eigenvalue weighted by Gasteiger charge is 2.23. The highest BCUT2D eigenvalue weighted by atomic mass is 32.2. The third-order valence-electron chi connectivity index (χ3n) is 5.50. The molecule has 2 aromatic heterocycles. The van der Waals surface area contributed by atoms with Crippen molar-refractivity contribution in [2.45, 2.75) is 44.0 Å². The van der Waals surface area contributed by atoms with Gasteiger partial charge in [0.25, 0.3) is 5.69 Å². The van der Waals surface area contributed by atoms with Crippen LogP contribution in [0.4, 0.5) is 5.69 Å². The molecular weight excluding hydrogens is 418 g/mol. The fourth-order valence-corrected chi connectivity index (χ4v) is 5.24. The van der Waals surface area contributed by atoms with E-state index in [1.165, 1.54) is 17.7 Å². The second-order valence-corrected chi connectivity index (χ2v) is 9.28. The lowest BCUT2D eigenvalue weighted by atomic mass is 9.94. The molecule has 9 nitrogen and oxygen atoms in total. The largest absolute Gasteiger partial charge is 0.270 e. The smallest absolute Gasteiger partial charge is 0.267 e. The Morgan fingerprint density at radius 3 is 2.65 bits per heavy atom. The van der Waals surface area contributed by atoms with Crippen molar-refractivity contribution >= 4 is 15.7 Å². The average molecular weight is 442 g/mol. The maximum atomic E-state index is 12.8. The zero-order valence-corrected chi connectivity index (χ0v) is 17.9. The van der Waals surface area contributed by atoms with Gasteiger partial charge < -0.3 is 0 Å². The van der Waals surface area contributed by atoms with Crippen LogP contribution in [0.5, 0.6) is 0 Å². The van der Waals surface area contributed by atoms with Crippen LogP contribution >= 0.6 is 0 Å². The number of hydrogen-bond donors (Lipinski definition) is 1. The number of nitrogens with zero attached hydrogens (tertiary/aromatic N) is 4. The summed E-state index contributed by atoms with van der Waals surface area (Å²) < 4.78 is 30.0. The summed E-state index contributed by atoms with van der Waals surface area (Å²) in [7, 11) is -3.89. The monoisotopic (exact) mass is 441 g/mol. The number of nitro groups is 1. The quantitative estimate of drug-likeness (QED) is 0.444. The number of nitrogens with one attached hydrogen (secondary N) is 1. The van der Waals surface area contributed by atoms with E-state index in [1.807, 2.05) is 16.8 Å². The SMILES string of the molecule is Cc1ccc([N+](=O)[O-])cc1S(=O)(=O)NCCn1nc(-c2ccncc2)c2c1CCCC2. The third kappa shape index (κ3) is 4.35. The van der Waals surface area contributed by atoms with Gasteiger partial charge in [0.15, 0.2) is 0 Å². The summed E-state index contributed by atoms with van der Waals surface area (Å²) in [6.07, 6.45) is 7.51. The van der Waals surface area contributed by atoms with Gasteiger partial charge in [0.1, 0.15) is 0 Å². The van der Waals surface area contributed by atoms with Crippen molar-refractivity contribution in [3.05, 3.63) is 69.7 Å². The van der Waals surface area contributed by atoms with E-state index in [4.69, 9.17) is 5.10 Å². The summed E-state index contributed by atoms with van der Waals surface area (Å²) >= 11 is 0. The number of benzene rings is 1. The van der Waals surface area contributed by atoms with Crippen LogP contribution in [-0.2, 0) is 29.4 Å². The van der Waals surface area contributed by atoms with Crippen molar-refractivity contribution in [3.8, 4) is 11.3 Å². The normalized spacial score (nSPS) is 13.7. The van der Waals surface area contributed by atoms with E-state index in [2.05, 4.69) is 9.71 Å². The van der Waals surface area contributed by atoms with Gasteiger partial charge in [-0.15, -0.1) is 0 Å². The van der Waals surface area contributed by atoms with Crippen molar-refractivity contribution < 1.29 is 13.3 Å². The molecule has 0 fully saturated rings. The molecule has 31 heavy (non-hydrogen) atoms. The van der Waals surface area contributed by atoms with E-state index in [9.17, 15) is 18.5 Å². The van der Waals surface area contributed by atoms with Gasteiger partial charge in [-0.05, 0) is 50.3 Å². The number of sulfonamides is 1. The minimum Gasteiger partial charge on any atom is -0.267 e. The molecule has 0 saturated heterocycles. The van der Waals surface area contributed by atoms with Crippen LogP contribution in [0.25, 0.3) is 11.3 Å². The van der Waals surface area contributed by atoms with E-state index < -0.39 is 14.9 Å². The first-order valence-corrected chi connectivity index (χ1v) is 11.6. The molecule has 2 heterocycles. The van der Waals surface area contributed by atoms with Gasteiger partial charge in [0.2, 0.25) is 10.0 Å². The number of aromatic nitrogens is 3. The van der Waals surface area contributed by atoms with Gasteiger partial charge in [0, 0.05) is 47.9 Å². The maximum Gasteiger partial charge on any atom is 0.270 e. The molecule has 10 heteroatoms. The molecule has 0 amide bonds. The van der Waals surface area contributed by atoms with Crippen LogP contribution in [0.15, 0.2) is 47.6 Å². The van der Waals surface area contributed by atoms with E-state index in [0.29, 0.717) is 12.1 Å². The lowest BCUT2D eigenvalue weighted by Crippen LogP contribution is -2.29. The zero-order chi connectivity index (χ0) is 22.0. The number of pyridine rings is 1. The summed E-state index contributed by atoms with van der Waals surface area (Å²) in [6, 6.07) is 7.68. The molecule has 0 aliphatic heterocycles. The Balaban J connectivity index is 1.55. The molecule has 0 bridgehead atoms. The van der Waals surface area contributed by atoms with Gasteiger partial charge in [0.05, 0.1) is 22.1 Å². The second-order valence-electron chi connectivity index (χ2n) is 7.54. The van der Waals surface area contributed by atoms with E-state index in [0.717, 1.165) is 48.7 Å². The number of non-ortho nitro benzene ring substituents is 1. The number of nitro benzene ring substituents is 1. The molecule has 0 unspecified atom stereocenters. The number of rotatable bonds is 7. The van der Waals surface area contributed by atoms with E-state index in [1.54, 1.807) is 19.3 Å². The highest BCUT2D eigenvalue weighted by molar-refractivity contribution is 7.89. The molecule has 0 atom stereocenters. The Bertz CT molecular complexity index is 1220. The van der Waals surface area contributed by atoms with Crippen molar-refractivity contribution in [2.24, 2.45) is 0 Å². The van der Waals surface area contributed by atoms with Crippen molar-refractivity contribution in [3.63, 3.8) is 0 Å². The Kier molecular flexibility index (Phi) is 5.84. The van der Waals surface area contributed by atoms with E-state index >= 15 is 0 Å². The molecule has 0 radical (unpaired) electrons. The summed E-state index contributed by atoms with van der Waals surface area (Å²) in [4.78, 5) is 14.4. The highest BCUT2D eigenvalue weighted by Crippen LogP contribution is 2.31. The Morgan fingerprint density at radius 2 is 1.90 bits per heavy atom. The van der Waals surface area contributed by atoms with Crippen LogP contribution < -0.4 is 4.72 Å². The first-order chi connectivity index (χ1) is 14.9.